The van der Waals surface area contributed by atoms with Gasteiger partial charge in [0.1, 0.15) is 0 Å². The Hall–Kier alpha value is -3.09. The van der Waals surface area contributed by atoms with Crippen molar-refractivity contribution >= 4 is 40.7 Å². The molecule has 0 unspecified atom stereocenters. The smallest absolute Gasteiger partial charge is 0.475 e. The normalized spacial score (nSPS) is 27.1. The zero-order valence-corrected chi connectivity index (χ0v) is 19.9. The Kier molecular flexibility index (Phi) is 7.48. The van der Waals surface area contributed by atoms with E-state index < -0.39 is 35.5 Å². The molecule has 190 valence electrons. The van der Waals surface area contributed by atoms with Gasteiger partial charge < -0.3 is 14.7 Å². The lowest BCUT2D eigenvalue weighted by atomic mass is 9.78. The van der Waals surface area contributed by atoms with Crippen molar-refractivity contribution in [3.63, 3.8) is 0 Å². The molecule has 9 nitrogen and oxygen atoms in total. The SMILES string of the molecule is CC[C@]1(C(=O)OC)[C@H]2C(=O)N(C)C(=O)[C@H]2[C@H]2CN=C(SCc3ccccc3)N21.O=C(O)C(F)(F)F. The first-order valence-corrected chi connectivity index (χ1v) is 11.6. The molecule has 3 aliphatic heterocycles. The van der Waals surface area contributed by atoms with Crippen LogP contribution in [0, 0.1) is 11.8 Å². The number of hydrogen-bond donors (Lipinski definition) is 1. The summed E-state index contributed by atoms with van der Waals surface area (Å²) in [5.41, 5.74) is -0.0502. The molecule has 1 N–H and O–H groups in total. The predicted octanol–water partition coefficient (Wildman–Crippen LogP) is 2.16. The number of aliphatic imine (C=N–C) groups is 1. The number of amidine groups is 1. The van der Waals surface area contributed by atoms with E-state index >= 15 is 0 Å². The minimum absolute atomic E-state index is 0.228. The van der Waals surface area contributed by atoms with Gasteiger partial charge in [-0.25, -0.2) is 9.59 Å². The molecule has 2 amide bonds. The van der Waals surface area contributed by atoms with E-state index in [4.69, 9.17) is 14.6 Å². The number of halogens is 3. The molecular formula is C22H24F3N3O6S. The van der Waals surface area contributed by atoms with Crippen LogP contribution in [0.4, 0.5) is 13.2 Å². The number of aliphatic carboxylic acids is 1. The molecule has 0 spiro atoms. The van der Waals surface area contributed by atoms with Crippen LogP contribution >= 0.6 is 11.8 Å². The van der Waals surface area contributed by atoms with Crippen LogP contribution in [0.1, 0.15) is 18.9 Å². The lowest BCUT2D eigenvalue weighted by Gasteiger charge is -2.39. The number of carboxylic acid groups (broad SMARTS) is 1. The number of hydrogen-bond acceptors (Lipinski definition) is 8. The number of alkyl halides is 3. The van der Waals surface area contributed by atoms with Crippen LogP contribution in [-0.4, -0.2) is 82.3 Å². The van der Waals surface area contributed by atoms with Gasteiger partial charge in [0.05, 0.1) is 31.5 Å². The maximum atomic E-state index is 13.0. The van der Waals surface area contributed by atoms with Crippen LogP contribution in [-0.2, 0) is 29.7 Å². The first kappa shape index (κ1) is 26.5. The quantitative estimate of drug-likeness (QED) is 0.479. The Bertz CT molecular complexity index is 1050. The number of fused-ring (bicyclic) bond motifs is 3. The van der Waals surface area contributed by atoms with Crippen molar-refractivity contribution in [1.82, 2.24) is 9.80 Å². The molecule has 4 atom stereocenters. The van der Waals surface area contributed by atoms with Crippen molar-refractivity contribution in [1.29, 1.82) is 0 Å². The molecule has 0 aliphatic carbocycles. The van der Waals surface area contributed by atoms with Gasteiger partial charge >= 0.3 is 18.1 Å². The van der Waals surface area contributed by atoms with E-state index in [0.29, 0.717) is 23.9 Å². The summed E-state index contributed by atoms with van der Waals surface area (Å²) < 4.78 is 36.9. The van der Waals surface area contributed by atoms with Crippen LogP contribution in [0.15, 0.2) is 35.3 Å². The summed E-state index contributed by atoms with van der Waals surface area (Å²) in [7, 11) is 2.82. The third-order valence-electron chi connectivity index (χ3n) is 6.41. The number of rotatable bonds is 4. The lowest BCUT2D eigenvalue weighted by Crippen LogP contribution is -2.59. The number of carboxylic acids is 1. The number of carbonyl (C=O) groups excluding carboxylic acids is 3. The Morgan fingerprint density at radius 3 is 2.34 bits per heavy atom. The summed E-state index contributed by atoms with van der Waals surface area (Å²) in [5.74, 6) is -4.35. The van der Waals surface area contributed by atoms with E-state index in [1.54, 1.807) is 0 Å². The van der Waals surface area contributed by atoms with Gasteiger partial charge in [0.15, 0.2) is 10.7 Å². The van der Waals surface area contributed by atoms with Crippen LogP contribution in [0.5, 0.6) is 0 Å². The van der Waals surface area contributed by atoms with Gasteiger partial charge in [-0.05, 0) is 12.0 Å². The molecule has 0 saturated carbocycles. The molecule has 1 aromatic rings. The number of esters is 1. The molecule has 2 fully saturated rings. The predicted molar refractivity (Wildman–Crippen MR) is 119 cm³/mol. The van der Waals surface area contributed by atoms with Gasteiger partial charge in [0.25, 0.3) is 0 Å². The number of thioether (sulfide) groups is 1. The molecule has 0 aromatic heterocycles. The maximum absolute atomic E-state index is 13.0. The Morgan fingerprint density at radius 2 is 1.83 bits per heavy atom. The van der Waals surface area contributed by atoms with Gasteiger partial charge in [-0.2, -0.15) is 13.2 Å². The fraction of sp³-hybridized carbons (Fsp3) is 0.500. The highest BCUT2D eigenvalue weighted by atomic mass is 32.2. The molecule has 3 aliphatic rings. The Balaban J connectivity index is 0.000000429. The standard InChI is InChI=1S/C20H23N3O4S.C2HF3O2/c1-4-20(18(26)27-3)15-14(16(24)22(2)17(15)25)13-10-21-19(23(13)20)28-11-12-8-6-5-7-9-12;3-2(4,5)1(6)7/h5-9,13-15H,4,10-11H2,1-3H3;(H,6,7)/t13-,14+,15-,20-;/m1./s1. The van der Waals surface area contributed by atoms with Crippen molar-refractivity contribution < 1.29 is 42.2 Å². The number of methoxy groups -OCH3 is 1. The average molecular weight is 516 g/mol. The summed E-state index contributed by atoms with van der Waals surface area (Å²) in [6, 6.07) is 9.71. The molecule has 35 heavy (non-hydrogen) atoms. The number of carbonyl (C=O) groups is 4. The third-order valence-corrected chi connectivity index (χ3v) is 7.47. The minimum Gasteiger partial charge on any atom is -0.475 e. The van der Waals surface area contributed by atoms with Crippen molar-refractivity contribution in [2.24, 2.45) is 16.8 Å². The summed E-state index contributed by atoms with van der Waals surface area (Å²) in [6.07, 6.45) is -4.71. The summed E-state index contributed by atoms with van der Waals surface area (Å²) >= 11 is 1.53. The molecular weight excluding hydrogens is 491 g/mol. The Labute approximate surface area is 203 Å². The zero-order chi connectivity index (χ0) is 26.1. The molecule has 4 rings (SSSR count). The van der Waals surface area contributed by atoms with Gasteiger partial charge in [-0.3, -0.25) is 19.5 Å². The van der Waals surface area contributed by atoms with Crippen molar-refractivity contribution in [2.45, 2.75) is 36.9 Å². The Morgan fingerprint density at radius 1 is 1.23 bits per heavy atom. The molecule has 1 aromatic carbocycles. The van der Waals surface area contributed by atoms with Gasteiger partial charge in [-0.15, -0.1) is 0 Å². The van der Waals surface area contributed by atoms with E-state index in [0.717, 1.165) is 10.5 Å². The first-order chi connectivity index (χ1) is 16.4. The third kappa shape index (κ3) is 4.48. The van der Waals surface area contributed by atoms with Crippen LogP contribution in [0.3, 0.4) is 0 Å². The van der Waals surface area contributed by atoms with Crippen molar-refractivity contribution in [3.8, 4) is 0 Å². The molecule has 3 heterocycles. The molecule has 13 heteroatoms. The van der Waals surface area contributed by atoms with Crippen molar-refractivity contribution in [2.75, 3.05) is 20.7 Å². The second-order valence-electron chi connectivity index (χ2n) is 8.15. The van der Waals surface area contributed by atoms with Gasteiger partial charge in [0, 0.05) is 12.8 Å². The van der Waals surface area contributed by atoms with Crippen LogP contribution in [0.25, 0.3) is 0 Å². The highest BCUT2D eigenvalue weighted by molar-refractivity contribution is 8.13. The minimum atomic E-state index is -5.08. The largest absolute Gasteiger partial charge is 0.490 e. The number of likely N-dealkylation sites (tertiary alicyclic amines) is 1. The summed E-state index contributed by atoms with van der Waals surface area (Å²) in [5, 5.41) is 7.83. The van der Waals surface area contributed by atoms with Crippen LogP contribution in [0.2, 0.25) is 0 Å². The summed E-state index contributed by atoms with van der Waals surface area (Å²) in [4.78, 5) is 55.4. The van der Waals surface area contributed by atoms with E-state index in [2.05, 4.69) is 4.99 Å². The topological polar surface area (TPSA) is 117 Å². The lowest BCUT2D eigenvalue weighted by molar-refractivity contribution is -0.192. The second-order valence-corrected chi connectivity index (χ2v) is 9.09. The molecule has 0 bridgehead atoms. The number of imide groups is 1. The number of benzene rings is 1. The average Bonchev–Trinajstić information content (AvgIpc) is 3.44. The highest BCUT2D eigenvalue weighted by Crippen LogP contribution is 2.53. The number of amides is 2. The number of ether oxygens (including phenoxy) is 1. The first-order valence-electron chi connectivity index (χ1n) is 10.6. The zero-order valence-electron chi connectivity index (χ0n) is 19.1. The van der Waals surface area contributed by atoms with E-state index in [-0.39, 0.29) is 17.9 Å². The van der Waals surface area contributed by atoms with Crippen LogP contribution < -0.4 is 0 Å². The van der Waals surface area contributed by atoms with Gasteiger partial charge in [0.2, 0.25) is 11.8 Å². The van der Waals surface area contributed by atoms with E-state index in [9.17, 15) is 27.6 Å². The molecule has 2 saturated heterocycles. The van der Waals surface area contributed by atoms with E-state index in [1.165, 1.54) is 25.9 Å². The monoisotopic (exact) mass is 515 g/mol. The number of nitrogens with zero attached hydrogens (tertiary/aromatic N) is 3. The van der Waals surface area contributed by atoms with Gasteiger partial charge in [-0.1, -0.05) is 49.0 Å². The maximum Gasteiger partial charge on any atom is 0.490 e. The van der Waals surface area contributed by atoms with Crippen molar-refractivity contribution in [3.05, 3.63) is 35.9 Å². The fourth-order valence-electron chi connectivity index (χ4n) is 4.86. The molecule has 0 radical (unpaired) electrons. The second kappa shape index (κ2) is 9.88. The highest BCUT2D eigenvalue weighted by Gasteiger charge is 2.72. The summed E-state index contributed by atoms with van der Waals surface area (Å²) in [6.45, 7) is 2.27. The fourth-order valence-corrected chi connectivity index (χ4v) is 5.95. The van der Waals surface area contributed by atoms with E-state index in [1.807, 2.05) is 42.2 Å².